The van der Waals surface area contributed by atoms with E-state index >= 15 is 0 Å². The molecule has 11 heavy (non-hydrogen) atoms. The zero-order chi connectivity index (χ0) is 7.84. The average molecular weight is 153 g/mol. The number of anilines is 1. The number of benzene rings is 1. The van der Waals surface area contributed by atoms with Crippen molar-refractivity contribution in [2.45, 2.75) is 6.42 Å². The molecule has 1 N–H and O–H groups in total. The fraction of sp³-hybridized carbons (Fsp3) is 0.125. The van der Waals surface area contributed by atoms with Crippen LogP contribution < -0.4 is 5.32 Å². The van der Waals surface area contributed by atoms with Crippen molar-refractivity contribution in [3.05, 3.63) is 29.6 Å². The molecule has 1 heterocycles. The topological polar surface area (TPSA) is 29.1 Å². The lowest BCUT2D eigenvalue weighted by Gasteiger charge is -1.95. The van der Waals surface area contributed by atoms with Crippen LogP contribution in [0.1, 0.15) is 6.99 Å². The lowest BCUT2D eigenvalue weighted by molar-refractivity contribution is -0.115. The largest absolute Gasteiger partial charge is 0.326 e. The summed E-state index contributed by atoms with van der Waals surface area (Å²) in [6.45, 7) is 0. The summed E-state index contributed by atoms with van der Waals surface area (Å²) in [7, 11) is 0. The molecule has 0 aromatic heterocycles. The third-order valence-corrected chi connectivity index (χ3v) is 1.69. The first kappa shape index (κ1) is 6.34. The van der Waals surface area contributed by atoms with E-state index in [1.54, 1.807) is 6.07 Å². The molecular weight excluding hydrogens is 145 g/mol. The molecule has 0 saturated carbocycles. The molecule has 0 aliphatic carbocycles. The number of hydrogen-bond donors (Lipinski definition) is 1. The Morgan fingerprint density at radius 3 is 3.18 bits per heavy atom. The third-order valence-electron chi connectivity index (χ3n) is 1.69. The molecule has 0 bridgehead atoms. The van der Waals surface area contributed by atoms with Crippen LogP contribution in [0.25, 0.3) is 0 Å². The predicted octanol–water partition coefficient (Wildman–Crippen LogP) is 1.57. The average Bonchev–Trinajstić information content (AvgIpc) is 2.27. The van der Waals surface area contributed by atoms with Crippen molar-refractivity contribution in [1.82, 2.24) is 0 Å². The second kappa shape index (κ2) is 2.05. The van der Waals surface area contributed by atoms with E-state index < -0.39 is 0 Å². The van der Waals surface area contributed by atoms with E-state index in [0.29, 0.717) is 6.42 Å². The summed E-state index contributed by atoms with van der Waals surface area (Å²) in [5, 5.41) is 2.62. The summed E-state index contributed by atoms with van der Waals surface area (Å²) in [5.74, 6) is -0.356. The van der Waals surface area contributed by atoms with Crippen LogP contribution in [0.5, 0.6) is 0 Å². The zero-order valence-electron chi connectivity index (χ0n) is 5.73. The van der Waals surface area contributed by atoms with Gasteiger partial charge in [0.25, 0.3) is 0 Å². The van der Waals surface area contributed by atoms with Gasteiger partial charge in [-0.25, -0.2) is 4.39 Å². The minimum absolute atomic E-state index is 0. The highest BCUT2D eigenvalue weighted by molar-refractivity contribution is 5.98. The SMILES string of the molecule is O=C1Cc2cc(F)ccc2N1.[HH]. The second-order valence-corrected chi connectivity index (χ2v) is 2.53. The minimum Gasteiger partial charge on any atom is -0.326 e. The van der Waals surface area contributed by atoms with Gasteiger partial charge < -0.3 is 5.32 Å². The van der Waals surface area contributed by atoms with Crippen LogP contribution >= 0.6 is 0 Å². The van der Waals surface area contributed by atoms with Crippen molar-refractivity contribution < 1.29 is 10.6 Å². The van der Waals surface area contributed by atoms with Crippen LogP contribution in [0, 0.1) is 5.82 Å². The first-order valence-electron chi connectivity index (χ1n) is 3.34. The molecule has 1 aromatic rings. The highest BCUT2D eigenvalue weighted by atomic mass is 19.1. The van der Waals surface area contributed by atoms with Gasteiger partial charge in [0, 0.05) is 7.11 Å². The smallest absolute Gasteiger partial charge is 0.228 e. The maximum absolute atomic E-state index is 12.5. The lowest BCUT2D eigenvalue weighted by Crippen LogP contribution is -2.03. The molecule has 0 radical (unpaired) electrons. The van der Waals surface area contributed by atoms with Gasteiger partial charge in [0.2, 0.25) is 5.91 Å². The molecule has 1 aliphatic heterocycles. The molecular formula is C8H8FNO. The molecule has 0 spiro atoms. The maximum atomic E-state index is 12.5. The van der Waals surface area contributed by atoms with Crippen LogP contribution in [0.2, 0.25) is 0 Å². The molecule has 0 fully saturated rings. The van der Waals surface area contributed by atoms with E-state index in [-0.39, 0.29) is 13.2 Å². The number of nitrogens with one attached hydrogen (secondary N) is 1. The lowest BCUT2D eigenvalue weighted by atomic mass is 10.2. The third kappa shape index (κ3) is 0.981. The van der Waals surface area contributed by atoms with Crippen molar-refractivity contribution in [2.75, 3.05) is 5.32 Å². The van der Waals surface area contributed by atoms with Gasteiger partial charge in [-0.1, -0.05) is 0 Å². The predicted molar refractivity (Wildman–Crippen MR) is 40.8 cm³/mol. The number of carbonyl (C=O) groups is 1. The van der Waals surface area contributed by atoms with Gasteiger partial charge in [-0.3, -0.25) is 4.79 Å². The van der Waals surface area contributed by atoms with Gasteiger partial charge in [0.1, 0.15) is 5.82 Å². The van der Waals surface area contributed by atoms with Crippen molar-refractivity contribution >= 4 is 11.6 Å². The molecule has 58 valence electrons. The number of carbonyl (C=O) groups excluding carboxylic acids is 1. The van der Waals surface area contributed by atoms with Gasteiger partial charge in [0.15, 0.2) is 0 Å². The van der Waals surface area contributed by atoms with E-state index in [1.165, 1.54) is 12.1 Å². The highest BCUT2D eigenvalue weighted by Gasteiger charge is 2.16. The van der Waals surface area contributed by atoms with E-state index in [4.69, 9.17) is 0 Å². The van der Waals surface area contributed by atoms with Crippen LogP contribution in [-0.4, -0.2) is 5.91 Å². The van der Waals surface area contributed by atoms with E-state index in [0.717, 1.165) is 11.3 Å². The van der Waals surface area contributed by atoms with Gasteiger partial charge >= 0.3 is 0 Å². The van der Waals surface area contributed by atoms with Crippen LogP contribution in [-0.2, 0) is 11.2 Å². The number of amides is 1. The highest BCUT2D eigenvalue weighted by Crippen LogP contribution is 2.22. The van der Waals surface area contributed by atoms with Crippen LogP contribution in [0.4, 0.5) is 10.1 Å². The van der Waals surface area contributed by atoms with Gasteiger partial charge in [-0.15, -0.1) is 0 Å². The van der Waals surface area contributed by atoms with E-state index in [2.05, 4.69) is 5.32 Å². The number of rotatable bonds is 0. The standard InChI is InChI=1S/C8H6FNO.H2/c9-6-1-2-7-5(3-6)4-8(11)10-7;/h1-3H,4H2,(H,10,11);1H. The Labute approximate surface area is 64.5 Å². The van der Waals surface area contributed by atoms with E-state index in [9.17, 15) is 9.18 Å². The Morgan fingerprint density at radius 1 is 1.55 bits per heavy atom. The summed E-state index contributed by atoms with van der Waals surface area (Å²) >= 11 is 0. The molecule has 1 aromatic carbocycles. The Morgan fingerprint density at radius 2 is 2.36 bits per heavy atom. The normalized spacial score (nSPS) is 14.5. The fourth-order valence-electron chi connectivity index (χ4n) is 1.20. The van der Waals surface area contributed by atoms with Gasteiger partial charge in [0.05, 0.1) is 6.42 Å². The second-order valence-electron chi connectivity index (χ2n) is 2.53. The van der Waals surface area contributed by atoms with Crippen molar-refractivity contribution in [2.24, 2.45) is 0 Å². The summed E-state index contributed by atoms with van der Waals surface area (Å²) < 4.78 is 12.5. The van der Waals surface area contributed by atoms with Gasteiger partial charge in [-0.05, 0) is 23.8 Å². The zero-order valence-corrected chi connectivity index (χ0v) is 5.73. The summed E-state index contributed by atoms with van der Waals surface area (Å²) in [5.41, 5.74) is 1.48. The Hall–Kier alpha value is -1.38. The van der Waals surface area contributed by atoms with Crippen molar-refractivity contribution in [3.8, 4) is 0 Å². The first-order valence-corrected chi connectivity index (χ1v) is 3.34. The molecule has 3 heteroatoms. The summed E-state index contributed by atoms with van der Waals surface area (Å²) in [6, 6.07) is 4.30. The van der Waals surface area contributed by atoms with Crippen molar-refractivity contribution in [1.29, 1.82) is 0 Å². The minimum atomic E-state index is -0.291. The Kier molecular flexibility index (Phi) is 1.18. The molecule has 1 amide bonds. The molecule has 0 atom stereocenters. The fourth-order valence-corrected chi connectivity index (χ4v) is 1.20. The first-order chi connectivity index (χ1) is 5.25. The van der Waals surface area contributed by atoms with Crippen LogP contribution in [0.3, 0.4) is 0 Å². The maximum Gasteiger partial charge on any atom is 0.228 e. The molecule has 1 aliphatic rings. The Bertz CT molecular complexity index is 327. The number of fused-ring (bicyclic) bond motifs is 1. The monoisotopic (exact) mass is 153 g/mol. The molecule has 2 nitrogen and oxygen atoms in total. The van der Waals surface area contributed by atoms with E-state index in [1.807, 2.05) is 0 Å². The Balaban J connectivity index is 0.000000720. The number of hydrogen-bond acceptors (Lipinski definition) is 1. The molecule has 0 saturated heterocycles. The number of halogens is 1. The molecule has 2 rings (SSSR count). The van der Waals surface area contributed by atoms with Crippen LogP contribution in [0.15, 0.2) is 18.2 Å². The summed E-state index contributed by atoms with van der Waals surface area (Å²) in [4.78, 5) is 10.8. The quantitative estimate of drug-likeness (QED) is 0.602. The molecule has 0 unspecified atom stereocenters. The summed E-state index contributed by atoms with van der Waals surface area (Å²) in [6.07, 6.45) is 0.299. The van der Waals surface area contributed by atoms with Crippen molar-refractivity contribution in [3.63, 3.8) is 0 Å². The van der Waals surface area contributed by atoms with Gasteiger partial charge in [-0.2, -0.15) is 0 Å².